The number of hydrogen-bond acceptors (Lipinski definition) is 1. The van der Waals surface area contributed by atoms with E-state index in [1.807, 2.05) is 0 Å². The van der Waals surface area contributed by atoms with Gasteiger partial charge in [-0.1, -0.05) is 153 Å². The van der Waals surface area contributed by atoms with Crippen LogP contribution in [0.15, 0.2) is 42.6 Å². The Kier molecular flexibility index (Phi) is 15.0. The van der Waals surface area contributed by atoms with Gasteiger partial charge < -0.3 is 0 Å². The number of nitrogens with zero attached hydrogens (tertiary/aromatic N) is 1. The van der Waals surface area contributed by atoms with Crippen molar-refractivity contribution in [3.63, 3.8) is 0 Å². The number of aryl methyl sites for hydroxylation is 2. The molecule has 1 nitrogen and oxygen atoms in total. The van der Waals surface area contributed by atoms with Gasteiger partial charge in [0.25, 0.3) is 0 Å². The van der Waals surface area contributed by atoms with Crippen molar-refractivity contribution in [2.75, 3.05) is 0 Å². The second-order valence-corrected chi connectivity index (χ2v) is 12.1. The fourth-order valence-corrected chi connectivity index (χ4v) is 6.30. The quantitative estimate of drug-likeness (QED) is 0.174. The number of rotatable bonds is 19. The van der Waals surface area contributed by atoms with E-state index in [0.29, 0.717) is 0 Å². The summed E-state index contributed by atoms with van der Waals surface area (Å²) >= 11 is 0. The van der Waals surface area contributed by atoms with Crippen LogP contribution in [0.5, 0.6) is 0 Å². The second-order valence-electron chi connectivity index (χ2n) is 12.1. The third-order valence-corrected chi connectivity index (χ3v) is 8.90. The van der Waals surface area contributed by atoms with Crippen LogP contribution >= 0.6 is 0 Å². The maximum absolute atomic E-state index is 4.78. The van der Waals surface area contributed by atoms with Crippen LogP contribution in [-0.4, -0.2) is 4.98 Å². The Hall–Kier alpha value is -1.63. The summed E-state index contributed by atoms with van der Waals surface area (Å²) in [5.74, 6) is 2.05. The van der Waals surface area contributed by atoms with Crippen LogP contribution in [0.1, 0.15) is 147 Å². The first-order valence-electron chi connectivity index (χ1n) is 16.3. The molecule has 1 aromatic carbocycles. The molecule has 0 aliphatic heterocycles. The number of unbranched alkanes of at least 4 members (excludes halogenated alkanes) is 10. The van der Waals surface area contributed by atoms with Crippen molar-refractivity contribution in [2.24, 2.45) is 11.8 Å². The molecule has 1 heterocycles. The molecule has 1 aromatic heterocycles. The zero-order valence-electron chi connectivity index (χ0n) is 24.5. The van der Waals surface area contributed by atoms with Gasteiger partial charge in [-0.3, -0.25) is 4.98 Å². The fourth-order valence-electron chi connectivity index (χ4n) is 6.30. The summed E-state index contributed by atoms with van der Waals surface area (Å²) in [5.41, 5.74) is 5.22. The van der Waals surface area contributed by atoms with Gasteiger partial charge in [0.2, 0.25) is 0 Å². The van der Waals surface area contributed by atoms with Crippen molar-refractivity contribution in [3.05, 3.63) is 53.7 Å². The zero-order chi connectivity index (χ0) is 26.0. The molecule has 0 spiro atoms. The van der Waals surface area contributed by atoms with E-state index in [4.69, 9.17) is 4.98 Å². The molecule has 1 saturated carbocycles. The molecular weight excluding hydrogens is 446 g/mol. The van der Waals surface area contributed by atoms with Gasteiger partial charge in [-0.2, -0.15) is 0 Å². The van der Waals surface area contributed by atoms with E-state index in [0.717, 1.165) is 17.5 Å². The highest BCUT2D eigenvalue weighted by Gasteiger charge is 2.20. The second kappa shape index (κ2) is 18.6. The van der Waals surface area contributed by atoms with Crippen LogP contribution in [0, 0.1) is 11.8 Å². The van der Waals surface area contributed by atoms with E-state index in [1.165, 1.54) is 152 Å². The molecule has 0 amide bonds. The molecule has 1 fully saturated rings. The molecule has 37 heavy (non-hydrogen) atoms. The molecular formula is C36H57N. The first-order valence-corrected chi connectivity index (χ1v) is 16.3. The summed E-state index contributed by atoms with van der Waals surface area (Å²) in [6.07, 6.45) is 31.5. The SMILES string of the molecule is CCCCCCCCCCc1ccc(-c2ccc(CCCCC3CCC(CCCCC)CC3)cc2)nc1. The Balaban J connectivity index is 1.27. The monoisotopic (exact) mass is 503 g/mol. The maximum Gasteiger partial charge on any atom is 0.0702 e. The van der Waals surface area contributed by atoms with Crippen LogP contribution in [0.25, 0.3) is 11.3 Å². The van der Waals surface area contributed by atoms with Crippen molar-refractivity contribution in [1.82, 2.24) is 4.98 Å². The lowest BCUT2D eigenvalue weighted by molar-refractivity contribution is 0.245. The Labute approximate surface area is 230 Å². The first-order chi connectivity index (χ1) is 18.3. The predicted octanol–water partition coefficient (Wildman–Crippen LogP) is 11.5. The van der Waals surface area contributed by atoms with E-state index < -0.39 is 0 Å². The molecule has 3 rings (SSSR count). The average Bonchev–Trinajstić information content (AvgIpc) is 2.94. The van der Waals surface area contributed by atoms with Gasteiger partial charge in [-0.05, 0) is 54.7 Å². The summed E-state index contributed by atoms with van der Waals surface area (Å²) in [4.78, 5) is 4.78. The van der Waals surface area contributed by atoms with Gasteiger partial charge in [-0.25, -0.2) is 0 Å². The normalized spacial score (nSPS) is 17.8. The summed E-state index contributed by atoms with van der Waals surface area (Å²) in [6, 6.07) is 13.7. The van der Waals surface area contributed by atoms with Crippen LogP contribution in [0.3, 0.4) is 0 Å². The lowest BCUT2D eigenvalue weighted by Gasteiger charge is -2.28. The standard InChI is InChI=1S/C36H57N/c1-3-5-7-8-9-10-11-13-19-34-26-29-36(37-30-34)35-27-24-33(25-28-35)18-15-14-17-32-22-20-31(21-23-32)16-12-6-4-2/h24-32H,3-23H2,1-2H3. The van der Waals surface area contributed by atoms with Crippen molar-refractivity contribution in [2.45, 2.75) is 149 Å². The Morgan fingerprint density at radius 1 is 0.541 bits per heavy atom. The lowest BCUT2D eigenvalue weighted by atomic mass is 9.78. The summed E-state index contributed by atoms with van der Waals surface area (Å²) in [6.45, 7) is 4.61. The average molecular weight is 504 g/mol. The zero-order valence-corrected chi connectivity index (χ0v) is 24.5. The van der Waals surface area contributed by atoms with Crippen molar-refractivity contribution < 1.29 is 0 Å². The van der Waals surface area contributed by atoms with Gasteiger partial charge in [0.1, 0.15) is 0 Å². The third kappa shape index (κ3) is 12.2. The maximum atomic E-state index is 4.78. The fraction of sp³-hybridized carbons (Fsp3) is 0.694. The van der Waals surface area contributed by atoms with Crippen LogP contribution in [0.4, 0.5) is 0 Å². The number of benzene rings is 1. The minimum Gasteiger partial charge on any atom is -0.256 e. The molecule has 1 heteroatoms. The number of hydrogen-bond donors (Lipinski definition) is 0. The third-order valence-electron chi connectivity index (χ3n) is 8.90. The van der Waals surface area contributed by atoms with Crippen LogP contribution in [-0.2, 0) is 12.8 Å². The van der Waals surface area contributed by atoms with E-state index in [2.05, 4.69) is 56.4 Å². The molecule has 0 saturated heterocycles. The van der Waals surface area contributed by atoms with E-state index >= 15 is 0 Å². The molecule has 2 aromatic rings. The molecule has 0 unspecified atom stereocenters. The molecule has 0 N–H and O–H groups in total. The van der Waals surface area contributed by atoms with Gasteiger partial charge >= 0.3 is 0 Å². The van der Waals surface area contributed by atoms with Gasteiger partial charge in [0.15, 0.2) is 0 Å². The van der Waals surface area contributed by atoms with Crippen LogP contribution < -0.4 is 0 Å². The molecule has 0 radical (unpaired) electrons. The summed E-state index contributed by atoms with van der Waals surface area (Å²) in [7, 11) is 0. The molecule has 0 bridgehead atoms. The molecule has 1 aliphatic carbocycles. The molecule has 1 aliphatic rings. The van der Waals surface area contributed by atoms with E-state index in [1.54, 1.807) is 0 Å². The van der Waals surface area contributed by atoms with E-state index in [9.17, 15) is 0 Å². The minimum absolute atomic E-state index is 1.01. The van der Waals surface area contributed by atoms with E-state index in [-0.39, 0.29) is 0 Å². The first kappa shape index (κ1) is 29.9. The highest BCUT2D eigenvalue weighted by atomic mass is 14.7. The van der Waals surface area contributed by atoms with Crippen molar-refractivity contribution >= 4 is 0 Å². The lowest BCUT2D eigenvalue weighted by Crippen LogP contribution is -2.14. The largest absolute Gasteiger partial charge is 0.256 e. The van der Waals surface area contributed by atoms with Crippen molar-refractivity contribution in [3.8, 4) is 11.3 Å². The smallest absolute Gasteiger partial charge is 0.0702 e. The van der Waals surface area contributed by atoms with Gasteiger partial charge in [0, 0.05) is 11.8 Å². The minimum atomic E-state index is 1.01. The van der Waals surface area contributed by atoms with Crippen LogP contribution in [0.2, 0.25) is 0 Å². The number of aromatic nitrogens is 1. The highest BCUT2D eigenvalue weighted by molar-refractivity contribution is 5.59. The van der Waals surface area contributed by atoms with Gasteiger partial charge in [-0.15, -0.1) is 0 Å². The van der Waals surface area contributed by atoms with Crippen molar-refractivity contribution in [1.29, 1.82) is 0 Å². The Morgan fingerprint density at radius 2 is 1.03 bits per heavy atom. The van der Waals surface area contributed by atoms with Gasteiger partial charge in [0.05, 0.1) is 5.69 Å². The Morgan fingerprint density at radius 3 is 1.62 bits per heavy atom. The summed E-state index contributed by atoms with van der Waals surface area (Å²) in [5, 5.41) is 0. The summed E-state index contributed by atoms with van der Waals surface area (Å²) < 4.78 is 0. The predicted molar refractivity (Wildman–Crippen MR) is 163 cm³/mol. The highest BCUT2D eigenvalue weighted by Crippen LogP contribution is 2.34. The Bertz CT molecular complexity index is 798. The molecule has 206 valence electrons. The molecule has 0 atom stereocenters. The number of pyridine rings is 1. The topological polar surface area (TPSA) is 12.9 Å².